The Labute approximate surface area is 145 Å². The summed E-state index contributed by atoms with van der Waals surface area (Å²) in [5, 5.41) is 13.4. The first-order chi connectivity index (χ1) is 12.2. The summed E-state index contributed by atoms with van der Waals surface area (Å²) in [4.78, 5) is 23.8. The number of carboxylic acids is 1. The van der Waals surface area contributed by atoms with E-state index in [1.165, 1.54) is 12.1 Å². The van der Waals surface area contributed by atoms with Crippen LogP contribution in [0.25, 0.3) is 0 Å². The molecule has 1 atom stereocenters. The van der Waals surface area contributed by atoms with Crippen molar-refractivity contribution in [1.82, 2.24) is 14.3 Å². The van der Waals surface area contributed by atoms with Crippen molar-refractivity contribution in [2.24, 2.45) is 0 Å². The van der Waals surface area contributed by atoms with Crippen molar-refractivity contribution in [1.29, 1.82) is 0 Å². The van der Waals surface area contributed by atoms with Gasteiger partial charge in [-0.3, -0.25) is 4.57 Å². The number of ether oxygens (including phenoxy) is 1. The van der Waals surface area contributed by atoms with Gasteiger partial charge in [0.05, 0.1) is 19.2 Å². The quantitative estimate of drug-likeness (QED) is 0.889. The number of aliphatic carboxylic acids is 1. The van der Waals surface area contributed by atoms with Crippen molar-refractivity contribution in [3.63, 3.8) is 0 Å². The fraction of sp³-hybridized carbons (Fsp3) is 0.438. The molecule has 10 heteroatoms. The van der Waals surface area contributed by atoms with E-state index in [0.29, 0.717) is 25.1 Å². The van der Waals surface area contributed by atoms with Crippen LogP contribution in [0.15, 0.2) is 23.0 Å². The molecule has 1 N–H and O–H groups in total. The highest BCUT2D eigenvalue weighted by Gasteiger charge is 2.35. The van der Waals surface area contributed by atoms with Crippen LogP contribution < -0.4 is 10.4 Å². The van der Waals surface area contributed by atoms with E-state index in [9.17, 15) is 27.9 Å². The molecule has 0 saturated heterocycles. The predicted molar refractivity (Wildman–Crippen MR) is 83.2 cm³/mol. The summed E-state index contributed by atoms with van der Waals surface area (Å²) in [7, 11) is 1.14. The number of alkyl halides is 3. The van der Waals surface area contributed by atoms with Gasteiger partial charge in [0.25, 0.3) is 0 Å². The standard InChI is InChI=1S/C16H16F3N3O4/c1-26-12-6-5-9(7-10(12)16(17,18)19)8-21-15(25)22-11(14(23)24)3-2-4-13(22)20-21/h5-7,11H,2-4,8H2,1H3,(H,23,24)/t11-/m1/s1. The SMILES string of the molecule is COc1ccc(Cn2nc3n(c2=O)[C@@H](C(=O)O)CCC3)cc1C(F)(F)F. The normalized spacial score (nSPS) is 17.0. The number of halogens is 3. The lowest BCUT2D eigenvalue weighted by molar-refractivity contribution is -0.141. The minimum atomic E-state index is -4.60. The van der Waals surface area contributed by atoms with Gasteiger partial charge in [0.15, 0.2) is 0 Å². The van der Waals surface area contributed by atoms with E-state index < -0.39 is 29.4 Å². The number of nitrogens with zero attached hydrogens (tertiary/aromatic N) is 3. The average Bonchev–Trinajstić information content (AvgIpc) is 2.90. The second-order valence-electron chi connectivity index (χ2n) is 6.01. The first kappa shape index (κ1) is 18.0. The first-order valence-corrected chi connectivity index (χ1v) is 7.87. The highest BCUT2D eigenvalue weighted by Crippen LogP contribution is 2.36. The Balaban J connectivity index is 1.98. The second kappa shape index (κ2) is 6.50. The van der Waals surface area contributed by atoms with Crippen molar-refractivity contribution < 1.29 is 27.8 Å². The van der Waals surface area contributed by atoms with Crippen LogP contribution in [0.5, 0.6) is 5.75 Å². The zero-order valence-electron chi connectivity index (χ0n) is 13.8. The third kappa shape index (κ3) is 3.18. The van der Waals surface area contributed by atoms with Crippen LogP contribution in [-0.2, 0) is 23.9 Å². The van der Waals surface area contributed by atoms with Gasteiger partial charge in [-0.1, -0.05) is 6.07 Å². The number of hydrogen-bond donors (Lipinski definition) is 1. The molecule has 7 nitrogen and oxygen atoms in total. The zero-order valence-corrected chi connectivity index (χ0v) is 13.8. The van der Waals surface area contributed by atoms with E-state index >= 15 is 0 Å². The van der Waals surface area contributed by atoms with Crippen LogP contribution in [0.1, 0.15) is 35.8 Å². The van der Waals surface area contributed by atoms with Gasteiger partial charge in [0, 0.05) is 6.42 Å². The van der Waals surface area contributed by atoms with E-state index in [2.05, 4.69) is 5.10 Å². The molecule has 2 aromatic rings. The Morgan fingerprint density at radius 2 is 2.15 bits per heavy atom. The molecule has 1 aromatic carbocycles. The Bertz CT molecular complexity index is 901. The van der Waals surface area contributed by atoms with Crippen molar-refractivity contribution >= 4 is 5.97 Å². The molecule has 0 radical (unpaired) electrons. The van der Waals surface area contributed by atoms with E-state index in [1.54, 1.807) is 0 Å². The smallest absolute Gasteiger partial charge is 0.419 e. The van der Waals surface area contributed by atoms with Crippen LogP contribution in [0.2, 0.25) is 0 Å². The summed E-state index contributed by atoms with van der Waals surface area (Å²) >= 11 is 0. The number of carbonyl (C=O) groups is 1. The number of hydrogen-bond acceptors (Lipinski definition) is 4. The highest BCUT2D eigenvalue weighted by atomic mass is 19.4. The van der Waals surface area contributed by atoms with E-state index in [-0.39, 0.29) is 17.9 Å². The molecule has 1 aliphatic rings. The molecule has 0 saturated carbocycles. The number of aryl methyl sites for hydroxylation is 1. The van der Waals surface area contributed by atoms with Gasteiger partial charge in [-0.2, -0.15) is 18.3 Å². The minimum Gasteiger partial charge on any atom is -0.496 e. The number of aromatic nitrogens is 3. The maximum Gasteiger partial charge on any atom is 0.419 e. The fourth-order valence-corrected chi connectivity index (χ4v) is 3.12. The Morgan fingerprint density at radius 1 is 1.42 bits per heavy atom. The van der Waals surface area contributed by atoms with Crippen molar-refractivity contribution in [2.75, 3.05) is 7.11 Å². The first-order valence-electron chi connectivity index (χ1n) is 7.87. The number of benzene rings is 1. The number of rotatable bonds is 4. The van der Waals surface area contributed by atoms with Gasteiger partial charge >= 0.3 is 17.8 Å². The predicted octanol–water partition coefficient (Wildman–Crippen LogP) is 2.08. The molecule has 0 spiro atoms. The summed E-state index contributed by atoms with van der Waals surface area (Å²) < 4.78 is 46.2. The zero-order chi connectivity index (χ0) is 19.1. The van der Waals surface area contributed by atoms with Gasteiger partial charge in [-0.25, -0.2) is 14.3 Å². The second-order valence-corrected chi connectivity index (χ2v) is 6.01. The van der Waals surface area contributed by atoms with Crippen molar-refractivity contribution in [3.05, 3.63) is 45.6 Å². The van der Waals surface area contributed by atoms with Gasteiger partial charge in [-0.05, 0) is 30.5 Å². The van der Waals surface area contributed by atoms with Gasteiger partial charge < -0.3 is 9.84 Å². The van der Waals surface area contributed by atoms with Gasteiger partial charge in [0.1, 0.15) is 17.6 Å². The van der Waals surface area contributed by atoms with Crippen LogP contribution in [0.3, 0.4) is 0 Å². The molecule has 0 amide bonds. The molecule has 1 aromatic heterocycles. The lowest BCUT2D eigenvalue weighted by atomic mass is 10.1. The largest absolute Gasteiger partial charge is 0.496 e. The molecule has 0 aliphatic carbocycles. The molecule has 0 bridgehead atoms. The van der Waals surface area contributed by atoms with E-state index in [1.807, 2.05) is 0 Å². The Kier molecular flexibility index (Phi) is 4.51. The van der Waals surface area contributed by atoms with Crippen LogP contribution >= 0.6 is 0 Å². The molecule has 140 valence electrons. The fourth-order valence-electron chi connectivity index (χ4n) is 3.12. The molecule has 0 fully saturated rings. The topological polar surface area (TPSA) is 86.4 Å². The molecule has 3 rings (SSSR count). The molecular weight excluding hydrogens is 355 g/mol. The van der Waals surface area contributed by atoms with E-state index in [0.717, 1.165) is 22.4 Å². The summed E-state index contributed by atoms with van der Waals surface area (Å²) in [5.74, 6) is -1.11. The third-order valence-electron chi connectivity index (χ3n) is 4.32. The van der Waals surface area contributed by atoms with Crippen LogP contribution in [0, 0.1) is 0 Å². The molecule has 0 unspecified atom stereocenters. The Hall–Kier alpha value is -2.78. The van der Waals surface area contributed by atoms with E-state index in [4.69, 9.17) is 4.74 Å². The molecule has 1 aliphatic heterocycles. The Morgan fingerprint density at radius 3 is 2.77 bits per heavy atom. The molecule has 2 heterocycles. The summed E-state index contributed by atoms with van der Waals surface area (Å²) in [6, 6.07) is 2.49. The average molecular weight is 371 g/mol. The lowest BCUT2D eigenvalue weighted by Crippen LogP contribution is -2.34. The number of carboxylic acid groups (broad SMARTS) is 1. The van der Waals surface area contributed by atoms with Crippen LogP contribution in [-0.4, -0.2) is 32.5 Å². The molecule has 26 heavy (non-hydrogen) atoms. The van der Waals surface area contributed by atoms with Crippen molar-refractivity contribution in [2.45, 2.75) is 38.0 Å². The maximum atomic E-state index is 13.1. The third-order valence-corrected chi connectivity index (χ3v) is 4.32. The number of methoxy groups -OCH3 is 1. The summed E-state index contributed by atoms with van der Waals surface area (Å²) in [6.45, 7) is -0.196. The summed E-state index contributed by atoms with van der Waals surface area (Å²) in [5.41, 5.74) is -1.38. The van der Waals surface area contributed by atoms with Gasteiger partial charge in [-0.15, -0.1) is 0 Å². The lowest BCUT2D eigenvalue weighted by Gasteiger charge is -2.19. The number of fused-ring (bicyclic) bond motifs is 1. The summed E-state index contributed by atoms with van der Waals surface area (Å²) in [6.07, 6.45) is -3.26. The highest BCUT2D eigenvalue weighted by molar-refractivity contribution is 5.72. The van der Waals surface area contributed by atoms with Crippen LogP contribution in [0.4, 0.5) is 13.2 Å². The minimum absolute atomic E-state index is 0.196. The van der Waals surface area contributed by atoms with Gasteiger partial charge in [0.2, 0.25) is 0 Å². The molecular formula is C16H16F3N3O4. The maximum absolute atomic E-state index is 13.1. The monoisotopic (exact) mass is 371 g/mol. The van der Waals surface area contributed by atoms with Crippen molar-refractivity contribution in [3.8, 4) is 5.75 Å².